The minimum atomic E-state index is -0.618. The summed E-state index contributed by atoms with van der Waals surface area (Å²) in [5.41, 5.74) is 0. The lowest BCUT2D eigenvalue weighted by Gasteiger charge is -2.24. The van der Waals surface area contributed by atoms with Crippen molar-refractivity contribution in [3.05, 3.63) is 0 Å². The zero-order valence-corrected chi connectivity index (χ0v) is 9.50. The van der Waals surface area contributed by atoms with Gasteiger partial charge < -0.3 is 9.64 Å². The van der Waals surface area contributed by atoms with E-state index in [0.29, 0.717) is 6.61 Å². The molecule has 1 unspecified atom stereocenters. The monoisotopic (exact) mass is 221 g/mol. The normalized spacial score (nSPS) is 12.0. The lowest BCUT2D eigenvalue weighted by atomic mass is 10.2. The topological polar surface area (TPSA) is 46.6 Å². The Kier molecular flexibility index (Phi) is 6.28. The highest BCUT2D eigenvalue weighted by atomic mass is 35.5. The van der Waals surface area contributed by atoms with Gasteiger partial charge in [-0.2, -0.15) is 0 Å². The Hall–Kier alpha value is -0.770. The van der Waals surface area contributed by atoms with Crippen LogP contribution in [0.3, 0.4) is 0 Å². The molecule has 0 aromatic heterocycles. The van der Waals surface area contributed by atoms with Gasteiger partial charge in [-0.05, 0) is 31.9 Å². The van der Waals surface area contributed by atoms with Crippen LogP contribution in [0.5, 0.6) is 0 Å². The van der Waals surface area contributed by atoms with Gasteiger partial charge in [0, 0.05) is 6.04 Å². The summed E-state index contributed by atoms with van der Waals surface area (Å²) >= 11 is 5.34. The second-order valence-corrected chi connectivity index (χ2v) is 3.27. The molecule has 5 heteroatoms. The Morgan fingerprint density at radius 1 is 1.43 bits per heavy atom. The number of amides is 1. The average molecular weight is 222 g/mol. The molecule has 0 radical (unpaired) electrons. The number of nitrogens with zero attached hydrogens (tertiary/aromatic N) is 1. The lowest BCUT2D eigenvalue weighted by molar-refractivity contribution is -0.144. The van der Waals surface area contributed by atoms with Crippen molar-refractivity contribution in [2.45, 2.75) is 33.2 Å². The van der Waals surface area contributed by atoms with E-state index in [-0.39, 0.29) is 12.6 Å². The molecule has 0 heterocycles. The maximum absolute atomic E-state index is 11.1. The van der Waals surface area contributed by atoms with Crippen molar-refractivity contribution in [1.29, 1.82) is 0 Å². The highest BCUT2D eigenvalue weighted by Gasteiger charge is 2.20. The highest BCUT2D eigenvalue weighted by molar-refractivity contribution is 6.62. The van der Waals surface area contributed by atoms with E-state index in [0.717, 1.165) is 6.42 Å². The largest absolute Gasteiger partial charge is 0.465 e. The van der Waals surface area contributed by atoms with Crippen LogP contribution in [0.15, 0.2) is 0 Å². The molecule has 0 aliphatic heterocycles. The summed E-state index contributed by atoms with van der Waals surface area (Å²) in [5, 5.41) is -0.618. The molecular formula is C9H16ClNO3. The third kappa shape index (κ3) is 4.46. The first-order valence-corrected chi connectivity index (χ1v) is 5.02. The third-order valence-electron chi connectivity index (χ3n) is 1.95. The molecule has 1 amide bonds. The summed E-state index contributed by atoms with van der Waals surface area (Å²) in [6, 6.07) is -0.0515. The van der Waals surface area contributed by atoms with Crippen molar-refractivity contribution in [3.8, 4) is 0 Å². The third-order valence-corrected chi connectivity index (χ3v) is 2.17. The summed E-state index contributed by atoms with van der Waals surface area (Å²) < 4.78 is 4.73. The van der Waals surface area contributed by atoms with Crippen LogP contribution in [-0.4, -0.2) is 35.4 Å². The zero-order valence-electron chi connectivity index (χ0n) is 8.75. The van der Waals surface area contributed by atoms with Crippen molar-refractivity contribution < 1.29 is 14.3 Å². The van der Waals surface area contributed by atoms with E-state index in [2.05, 4.69) is 0 Å². The van der Waals surface area contributed by atoms with Gasteiger partial charge in [0.15, 0.2) is 0 Å². The van der Waals surface area contributed by atoms with Gasteiger partial charge in [-0.15, -0.1) is 0 Å². The second kappa shape index (κ2) is 6.65. The molecule has 0 rings (SSSR count). The van der Waals surface area contributed by atoms with Crippen molar-refractivity contribution in [2.75, 3.05) is 13.2 Å². The van der Waals surface area contributed by atoms with E-state index >= 15 is 0 Å². The van der Waals surface area contributed by atoms with Gasteiger partial charge in [0.1, 0.15) is 6.54 Å². The molecule has 0 saturated heterocycles. The first-order valence-electron chi connectivity index (χ1n) is 4.64. The molecule has 4 nitrogen and oxygen atoms in total. The molecule has 0 N–H and O–H groups in total. The number of halogens is 1. The van der Waals surface area contributed by atoms with Crippen LogP contribution < -0.4 is 0 Å². The number of esters is 1. The van der Waals surface area contributed by atoms with Gasteiger partial charge >= 0.3 is 11.3 Å². The average Bonchev–Trinajstić information content (AvgIpc) is 2.13. The minimum absolute atomic E-state index is 0.0515. The smallest absolute Gasteiger partial charge is 0.325 e. The molecule has 0 aromatic rings. The van der Waals surface area contributed by atoms with Crippen LogP contribution in [0.25, 0.3) is 0 Å². The molecule has 0 spiro atoms. The van der Waals surface area contributed by atoms with E-state index in [1.165, 1.54) is 4.90 Å². The summed E-state index contributed by atoms with van der Waals surface area (Å²) in [6.07, 6.45) is 0.748. The predicted molar refractivity (Wildman–Crippen MR) is 54.3 cm³/mol. The van der Waals surface area contributed by atoms with Crippen molar-refractivity contribution in [1.82, 2.24) is 4.90 Å². The fraction of sp³-hybridized carbons (Fsp3) is 0.778. The maximum Gasteiger partial charge on any atom is 0.325 e. The summed E-state index contributed by atoms with van der Waals surface area (Å²) in [4.78, 5) is 23.4. The van der Waals surface area contributed by atoms with Crippen molar-refractivity contribution in [2.24, 2.45) is 0 Å². The second-order valence-electron chi connectivity index (χ2n) is 2.94. The summed E-state index contributed by atoms with van der Waals surface area (Å²) in [7, 11) is 0. The van der Waals surface area contributed by atoms with Gasteiger partial charge in [-0.1, -0.05) is 6.92 Å². The molecule has 14 heavy (non-hydrogen) atoms. The first kappa shape index (κ1) is 13.2. The summed E-state index contributed by atoms with van der Waals surface area (Å²) in [5.74, 6) is -0.429. The molecule has 0 aromatic carbocycles. The quantitative estimate of drug-likeness (QED) is 0.405. The fourth-order valence-corrected chi connectivity index (χ4v) is 1.18. The maximum atomic E-state index is 11.1. The molecular weight excluding hydrogens is 206 g/mol. The Balaban J connectivity index is 4.23. The lowest BCUT2D eigenvalue weighted by Crippen LogP contribution is -2.39. The Bertz CT molecular complexity index is 208. The van der Waals surface area contributed by atoms with E-state index in [1.54, 1.807) is 6.92 Å². The number of rotatable bonds is 5. The number of ether oxygens (including phenoxy) is 1. The number of hydrogen-bond donors (Lipinski definition) is 0. The molecule has 0 bridgehead atoms. The highest BCUT2D eigenvalue weighted by Crippen LogP contribution is 2.07. The Morgan fingerprint density at radius 3 is 2.36 bits per heavy atom. The van der Waals surface area contributed by atoms with E-state index in [9.17, 15) is 9.59 Å². The van der Waals surface area contributed by atoms with E-state index < -0.39 is 11.3 Å². The molecule has 1 atom stereocenters. The van der Waals surface area contributed by atoms with Gasteiger partial charge in [0.05, 0.1) is 6.61 Å². The van der Waals surface area contributed by atoms with Crippen LogP contribution in [0.4, 0.5) is 4.79 Å². The number of carbonyl (C=O) groups is 2. The van der Waals surface area contributed by atoms with Crippen LogP contribution in [0, 0.1) is 0 Å². The molecule has 0 saturated carbocycles. The fourth-order valence-electron chi connectivity index (χ4n) is 0.957. The molecule has 0 fully saturated rings. The predicted octanol–water partition coefficient (Wildman–Crippen LogP) is 2.01. The Morgan fingerprint density at radius 2 is 2.00 bits per heavy atom. The van der Waals surface area contributed by atoms with Gasteiger partial charge in [0.2, 0.25) is 0 Å². The van der Waals surface area contributed by atoms with Gasteiger partial charge in [0.25, 0.3) is 0 Å². The standard InChI is InChI=1S/C9H16ClNO3/c1-4-7(3)11(9(10)13)6-8(12)14-5-2/h7H,4-6H2,1-3H3. The first-order chi connectivity index (χ1) is 6.52. The van der Waals surface area contributed by atoms with E-state index in [1.807, 2.05) is 13.8 Å². The Labute approximate surface area is 89.2 Å². The number of carbonyl (C=O) groups excluding carboxylic acids is 2. The van der Waals surface area contributed by atoms with Crippen LogP contribution in [0.1, 0.15) is 27.2 Å². The van der Waals surface area contributed by atoms with Crippen molar-refractivity contribution >= 4 is 22.9 Å². The van der Waals surface area contributed by atoms with E-state index in [4.69, 9.17) is 16.3 Å². The van der Waals surface area contributed by atoms with Crippen molar-refractivity contribution in [3.63, 3.8) is 0 Å². The molecule has 0 aliphatic carbocycles. The van der Waals surface area contributed by atoms with Crippen LogP contribution in [-0.2, 0) is 9.53 Å². The SMILES string of the molecule is CCOC(=O)CN(C(=O)Cl)C(C)CC. The van der Waals surface area contributed by atoms with Gasteiger partial charge in [-0.25, -0.2) is 0 Å². The summed E-state index contributed by atoms with van der Waals surface area (Å²) in [6.45, 7) is 5.70. The van der Waals surface area contributed by atoms with Crippen LogP contribution >= 0.6 is 11.6 Å². The number of hydrogen-bond acceptors (Lipinski definition) is 3. The molecule has 82 valence electrons. The van der Waals surface area contributed by atoms with Gasteiger partial charge in [-0.3, -0.25) is 9.59 Å². The molecule has 0 aliphatic rings. The zero-order chi connectivity index (χ0) is 11.1. The van der Waals surface area contributed by atoms with Crippen LogP contribution in [0.2, 0.25) is 0 Å². The minimum Gasteiger partial charge on any atom is -0.465 e.